The molecule has 5 nitrogen and oxygen atoms in total. The van der Waals surface area contributed by atoms with Gasteiger partial charge in [0.2, 0.25) is 5.91 Å². The molecule has 0 aliphatic heterocycles. The minimum absolute atomic E-state index is 0.0194. The van der Waals surface area contributed by atoms with E-state index < -0.39 is 0 Å². The summed E-state index contributed by atoms with van der Waals surface area (Å²) in [6.07, 6.45) is 3.64. The van der Waals surface area contributed by atoms with Crippen LogP contribution in [0, 0.1) is 13.8 Å². The number of nitrogens with zero attached hydrogens (tertiary/aromatic N) is 3. The van der Waals surface area contributed by atoms with Crippen LogP contribution in [0.2, 0.25) is 0 Å². The number of thioether (sulfide) groups is 1. The highest BCUT2D eigenvalue weighted by atomic mass is 32.2. The quantitative estimate of drug-likeness (QED) is 0.828. The molecule has 2 rings (SSSR count). The van der Waals surface area contributed by atoms with Gasteiger partial charge in [-0.1, -0.05) is 17.8 Å². The van der Waals surface area contributed by atoms with E-state index in [0.717, 1.165) is 10.8 Å². The summed E-state index contributed by atoms with van der Waals surface area (Å²) < 4.78 is 1.99. The van der Waals surface area contributed by atoms with Crippen molar-refractivity contribution in [1.82, 2.24) is 14.5 Å². The summed E-state index contributed by atoms with van der Waals surface area (Å²) in [6.45, 7) is 4.45. The third-order valence-corrected chi connectivity index (χ3v) is 4.23. The van der Waals surface area contributed by atoms with Crippen molar-refractivity contribution in [3.63, 3.8) is 0 Å². The molecule has 0 aliphatic rings. The fourth-order valence-corrected chi connectivity index (χ4v) is 3.11. The molecule has 2 aromatic rings. The molecule has 1 amide bonds. The predicted molar refractivity (Wildman–Crippen MR) is 88.5 cm³/mol. The maximum Gasteiger partial charge on any atom is 0.232 e. The van der Waals surface area contributed by atoms with Crippen LogP contribution in [-0.4, -0.2) is 51.4 Å². The lowest BCUT2D eigenvalue weighted by Gasteiger charge is -2.15. The summed E-state index contributed by atoms with van der Waals surface area (Å²) in [5.41, 5.74) is 3.44. The molecule has 0 fully saturated rings. The molecule has 0 saturated heterocycles. The monoisotopic (exact) mass is 319 g/mol. The second-order valence-corrected chi connectivity index (χ2v) is 6.20. The highest BCUT2D eigenvalue weighted by Crippen LogP contribution is 2.22. The Morgan fingerprint density at radius 2 is 2.00 bits per heavy atom. The van der Waals surface area contributed by atoms with Gasteiger partial charge in [-0.25, -0.2) is 4.98 Å². The number of hydrogen-bond donors (Lipinski definition) is 1. The topological polar surface area (TPSA) is 58.4 Å². The number of aryl methyl sites for hydroxylation is 2. The molecule has 6 heteroatoms. The Morgan fingerprint density at radius 1 is 1.32 bits per heavy atom. The Morgan fingerprint density at radius 3 is 2.64 bits per heavy atom. The van der Waals surface area contributed by atoms with Crippen molar-refractivity contribution in [1.29, 1.82) is 0 Å². The molecule has 22 heavy (non-hydrogen) atoms. The van der Waals surface area contributed by atoms with Crippen molar-refractivity contribution in [2.45, 2.75) is 19.0 Å². The summed E-state index contributed by atoms with van der Waals surface area (Å²) in [5.74, 6) is 0.284. The van der Waals surface area contributed by atoms with Crippen LogP contribution in [0.3, 0.4) is 0 Å². The van der Waals surface area contributed by atoms with E-state index in [0.29, 0.717) is 12.3 Å². The first-order chi connectivity index (χ1) is 10.5. The van der Waals surface area contributed by atoms with Gasteiger partial charge < -0.3 is 10.0 Å². The van der Waals surface area contributed by atoms with Crippen LogP contribution in [0.5, 0.6) is 0 Å². The fourth-order valence-electron chi connectivity index (χ4n) is 2.19. The Balaban J connectivity index is 2.11. The van der Waals surface area contributed by atoms with Gasteiger partial charge >= 0.3 is 0 Å². The third kappa shape index (κ3) is 4.11. The van der Waals surface area contributed by atoms with Crippen molar-refractivity contribution >= 4 is 17.7 Å². The van der Waals surface area contributed by atoms with Gasteiger partial charge in [-0.2, -0.15) is 0 Å². The van der Waals surface area contributed by atoms with E-state index >= 15 is 0 Å². The first-order valence-electron chi connectivity index (χ1n) is 7.11. The first kappa shape index (κ1) is 16.6. The summed E-state index contributed by atoms with van der Waals surface area (Å²) in [5, 5.41) is 9.65. The zero-order valence-electron chi connectivity index (χ0n) is 13.1. The predicted octanol–water partition coefficient (Wildman–Crippen LogP) is 2.03. The minimum atomic E-state index is -0.0237. The van der Waals surface area contributed by atoms with Gasteiger partial charge in [0.05, 0.1) is 12.4 Å². The van der Waals surface area contributed by atoms with E-state index in [1.807, 2.05) is 10.8 Å². The molecule has 118 valence electrons. The average Bonchev–Trinajstić information content (AvgIpc) is 2.92. The van der Waals surface area contributed by atoms with Crippen molar-refractivity contribution in [2.24, 2.45) is 0 Å². The van der Waals surface area contributed by atoms with Crippen LogP contribution in [-0.2, 0) is 4.79 Å². The standard InChI is InChI=1S/C16H21N3O2S/c1-12-8-13(2)10-14(9-12)19-5-4-17-16(19)22-11-15(21)18(3)6-7-20/h4-5,8-10,20H,6-7,11H2,1-3H3. The molecule has 0 spiro atoms. The van der Waals surface area contributed by atoms with Gasteiger partial charge in [0.15, 0.2) is 5.16 Å². The Bertz CT molecular complexity index is 634. The molecule has 1 aromatic carbocycles. The number of benzene rings is 1. The Kier molecular flexibility index (Phi) is 5.63. The highest BCUT2D eigenvalue weighted by Gasteiger charge is 2.12. The second-order valence-electron chi connectivity index (χ2n) is 5.25. The fraction of sp³-hybridized carbons (Fsp3) is 0.375. The molecule has 0 bridgehead atoms. The van der Waals surface area contributed by atoms with Gasteiger partial charge in [0.25, 0.3) is 0 Å². The van der Waals surface area contributed by atoms with Crippen LogP contribution in [0.1, 0.15) is 11.1 Å². The Hall–Kier alpha value is -1.79. The van der Waals surface area contributed by atoms with Crippen molar-refractivity contribution in [3.05, 3.63) is 41.7 Å². The average molecular weight is 319 g/mol. The normalized spacial score (nSPS) is 10.7. The third-order valence-electron chi connectivity index (χ3n) is 3.28. The summed E-state index contributed by atoms with van der Waals surface area (Å²) >= 11 is 1.40. The van der Waals surface area contributed by atoms with Crippen LogP contribution >= 0.6 is 11.8 Å². The number of aliphatic hydroxyl groups is 1. The lowest BCUT2D eigenvalue weighted by molar-refractivity contribution is -0.127. The number of aromatic nitrogens is 2. The minimum Gasteiger partial charge on any atom is -0.395 e. The van der Waals surface area contributed by atoms with E-state index in [9.17, 15) is 4.79 Å². The summed E-state index contributed by atoms with van der Waals surface area (Å²) in [6, 6.07) is 6.32. The van der Waals surface area contributed by atoms with Crippen LogP contribution in [0.15, 0.2) is 35.7 Å². The zero-order valence-corrected chi connectivity index (χ0v) is 13.9. The highest BCUT2D eigenvalue weighted by molar-refractivity contribution is 7.99. The number of hydrogen-bond acceptors (Lipinski definition) is 4. The maximum absolute atomic E-state index is 11.9. The molecule has 1 aromatic heterocycles. The van der Waals surface area contributed by atoms with Gasteiger partial charge in [-0.3, -0.25) is 9.36 Å². The van der Waals surface area contributed by atoms with E-state index in [4.69, 9.17) is 5.11 Å². The molecule has 0 aliphatic carbocycles. The van der Waals surface area contributed by atoms with Crippen LogP contribution < -0.4 is 0 Å². The van der Waals surface area contributed by atoms with Crippen molar-refractivity contribution < 1.29 is 9.90 Å². The van der Waals surface area contributed by atoms with E-state index in [2.05, 4.69) is 37.0 Å². The van der Waals surface area contributed by atoms with Gasteiger partial charge in [-0.15, -0.1) is 0 Å². The first-order valence-corrected chi connectivity index (χ1v) is 8.09. The van der Waals surface area contributed by atoms with Crippen molar-refractivity contribution in [2.75, 3.05) is 26.0 Å². The van der Waals surface area contributed by atoms with E-state index in [1.165, 1.54) is 27.8 Å². The smallest absolute Gasteiger partial charge is 0.232 e. The lowest BCUT2D eigenvalue weighted by Crippen LogP contribution is -2.30. The molecule has 1 N–H and O–H groups in total. The molecule has 1 heterocycles. The molecule has 0 radical (unpaired) electrons. The number of likely N-dealkylation sites (N-methyl/N-ethyl adjacent to an activating group) is 1. The number of rotatable bonds is 6. The number of aliphatic hydroxyl groups excluding tert-OH is 1. The second kappa shape index (κ2) is 7.47. The number of imidazole rings is 1. The maximum atomic E-state index is 11.9. The summed E-state index contributed by atoms with van der Waals surface area (Å²) in [7, 11) is 1.69. The largest absolute Gasteiger partial charge is 0.395 e. The number of amides is 1. The van der Waals surface area contributed by atoms with E-state index in [-0.39, 0.29) is 12.5 Å². The molecular formula is C16H21N3O2S. The molecule has 0 unspecified atom stereocenters. The van der Waals surface area contributed by atoms with Crippen LogP contribution in [0.4, 0.5) is 0 Å². The van der Waals surface area contributed by atoms with E-state index in [1.54, 1.807) is 13.2 Å². The summed E-state index contributed by atoms with van der Waals surface area (Å²) in [4.78, 5) is 17.8. The van der Waals surface area contributed by atoms with Gasteiger partial charge in [0.1, 0.15) is 0 Å². The molecule has 0 atom stereocenters. The molecular weight excluding hydrogens is 298 g/mol. The number of carbonyl (C=O) groups is 1. The zero-order chi connectivity index (χ0) is 16.1. The number of carbonyl (C=O) groups excluding carboxylic acids is 1. The molecule has 0 saturated carbocycles. The lowest BCUT2D eigenvalue weighted by atomic mass is 10.1. The van der Waals surface area contributed by atoms with Crippen LogP contribution in [0.25, 0.3) is 5.69 Å². The van der Waals surface area contributed by atoms with Gasteiger partial charge in [-0.05, 0) is 37.1 Å². The SMILES string of the molecule is Cc1cc(C)cc(-n2ccnc2SCC(=O)N(C)CCO)c1. The van der Waals surface area contributed by atoms with Gasteiger partial charge in [0, 0.05) is 31.7 Å². The van der Waals surface area contributed by atoms with Crippen molar-refractivity contribution in [3.8, 4) is 5.69 Å². The Labute approximate surface area is 135 Å².